The Morgan fingerprint density at radius 2 is 1.91 bits per heavy atom. The minimum Gasteiger partial charge on any atom is -0.468 e. The number of imidazole rings is 1. The van der Waals surface area contributed by atoms with Gasteiger partial charge in [-0.3, -0.25) is 4.79 Å². The molecule has 4 nitrogen and oxygen atoms in total. The van der Waals surface area contributed by atoms with Crippen molar-refractivity contribution in [3.8, 4) is 0 Å². The molecule has 0 aliphatic heterocycles. The maximum Gasteiger partial charge on any atom is 0.325 e. The van der Waals surface area contributed by atoms with Gasteiger partial charge in [-0.2, -0.15) is 0 Å². The van der Waals surface area contributed by atoms with Gasteiger partial charge in [-0.15, -0.1) is 0 Å². The predicted molar refractivity (Wildman–Crippen MR) is 86.0 cm³/mol. The van der Waals surface area contributed by atoms with Crippen molar-refractivity contribution in [2.24, 2.45) is 0 Å². The van der Waals surface area contributed by atoms with Gasteiger partial charge in [0.05, 0.1) is 18.1 Å². The van der Waals surface area contributed by atoms with E-state index >= 15 is 0 Å². The third-order valence-corrected chi connectivity index (χ3v) is 3.78. The molecule has 5 heteroatoms. The van der Waals surface area contributed by atoms with Crippen LogP contribution >= 0.6 is 11.6 Å². The molecule has 0 radical (unpaired) electrons. The average molecular weight is 315 g/mol. The fraction of sp³-hybridized carbons (Fsp3) is 0.176. The maximum atomic E-state index is 11.7. The molecule has 3 aromatic rings. The molecular weight excluding hydrogens is 300 g/mol. The topological polar surface area (TPSA) is 44.1 Å². The third kappa shape index (κ3) is 2.97. The summed E-state index contributed by atoms with van der Waals surface area (Å²) >= 11 is 5.92. The van der Waals surface area contributed by atoms with Crippen LogP contribution in [-0.2, 0) is 22.5 Å². The van der Waals surface area contributed by atoms with Crippen LogP contribution in [0.5, 0.6) is 0 Å². The molecule has 0 spiro atoms. The second-order valence-electron chi connectivity index (χ2n) is 4.98. The molecule has 0 unspecified atom stereocenters. The Kier molecular flexibility index (Phi) is 4.11. The first-order chi connectivity index (χ1) is 10.7. The maximum absolute atomic E-state index is 11.7. The largest absolute Gasteiger partial charge is 0.468 e. The van der Waals surface area contributed by atoms with Gasteiger partial charge in [0.15, 0.2) is 0 Å². The predicted octanol–water partition coefficient (Wildman–Crippen LogP) is 3.45. The van der Waals surface area contributed by atoms with Crippen LogP contribution in [0.1, 0.15) is 11.4 Å². The highest BCUT2D eigenvalue weighted by atomic mass is 35.5. The van der Waals surface area contributed by atoms with Crippen LogP contribution in [0.4, 0.5) is 0 Å². The number of benzene rings is 2. The van der Waals surface area contributed by atoms with Gasteiger partial charge in [-0.25, -0.2) is 4.98 Å². The molecule has 0 fully saturated rings. The molecule has 2 aromatic carbocycles. The number of ether oxygens (including phenoxy) is 1. The van der Waals surface area contributed by atoms with Gasteiger partial charge in [-0.1, -0.05) is 35.9 Å². The van der Waals surface area contributed by atoms with Gasteiger partial charge in [0.25, 0.3) is 0 Å². The van der Waals surface area contributed by atoms with E-state index in [-0.39, 0.29) is 12.5 Å². The molecule has 0 aliphatic rings. The zero-order chi connectivity index (χ0) is 15.5. The molecule has 1 aromatic heterocycles. The zero-order valence-corrected chi connectivity index (χ0v) is 12.9. The van der Waals surface area contributed by atoms with Gasteiger partial charge in [0.2, 0.25) is 0 Å². The molecule has 0 amide bonds. The summed E-state index contributed by atoms with van der Waals surface area (Å²) in [6, 6.07) is 15.4. The summed E-state index contributed by atoms with van der Waals surface area (Å²) in [4.78, 5) is 16.3. The highest BCUT2D eigenvalue weighted by molar-refractivity contribution is 6.30. The SMILES string of the molecule is COC(=O)Cn1c(Cc2ccc(Cl)cc2)nc2ccccc21. The first-order valence-corrected chi connectivity index (χ1v) is 7.30. The van der Waals surface area contributed by atoms with E-state index in [0.717, 1.165) is 22.4 Å². The molecule has 22 heavy (non-hydrogen) atoms. The molecule has 0 saturated carbocycles. The molecule has 1 heterocycles. The number of halogens is 1. The van der Waals surface area contributed by atoms with Crippen molar-refractivity contribution in [2.45, 2.75) is 13.0 Å². The van der Waals surface area contributed by atoms with Gasteiger partial charge in [-0.05, 0) is 29.8 Å². The standard InChI is InChI=1S/C17H15ClN2O2/c1-22-17(21)11-20-15-5-3-2-4-14(15)19-16(20)10-12-6-8-13(18)9-7-12/h2-9H,10-11H2,1H3. The van der Waals surface area contributed by atoms with Gasteiger partial charge >= 0.3 is 5.97 Å². The van der Waals surface area contributed by atoms with Crippen molar-refractivity contribution in [1.29, 1.82) is 0 Å². The Morgan fingerprint density at radius 3 is 2.64 bits per heavy atom. The highest BCUT2D eigenvalue weighted by Gasteiger charge is 2.14. The Morgan fingerprint density at radius 1 is 1.18 bits per heavy atom. The number of hydrogen-bond donors (Lipinski definition) is 0. The fourth-order valence-corrected chi connectivity index (χ4v) is 2.54. The second-order valence-corrected chi connectivity index (χ2v) is 5.42. The summed E-state index contributed by atoms with van der Waals surface area (Å²) in [7, 11) is 1.39. The molecule has 112 valence electrons. The van der Waals surface area contributed by atoms with Crippen LogP contribution in [-0.4, -0.2) is 22.6 Å². The van der Waals surface area contributed by atoms with Crippen molar-refractivity contribution in [2.75, 3.05) is 7.11 Å². The van der Waals surface area contributed by atoms with Crippen molar-refractivity contribution in [3.63, 3.8) is 0 Å². The number of fused-ring (bicyclic) bond motifs is 1. The summed E-state index contributed by atoms with van der Waals surface area (Å²) < 4.78 is 6.69. The van der Waals surface area contributed by atoms with E-state index in [1.807, 2.05) is 53.1 Å². The fourth-order valence-electron chi connectivity index (χ4n) is 2.42. The average Bonchev–Trinajstić information content (AvgIpc) is 2.87. The molecular formula is C17H15ClN2O2. The third-order valence-electron chi connectivity index (χ3n) is 3.52. The lowest BCUT2D eigenvalue weighted by atomic mass is 10.1. The highest BCUT2D eigenvalue weighted by Crippen LogP contribution is 2.19. The molecule has 0 saturated heterocycles. The molecule has 3 rings (SSSR count). The van der Waals surface area contributed by atoms with Crippen LogP contribution in [0.2, 0.25) is 5.02 Å². The van der Waals surface area contributed by atoms with Crippen LogP contribution in [0.15, 0.2) is 48.5 Å². The minimum atomic E-state index is -0.291. The molecule has 0 bridgehead atoms. The van der Waals surface area contributed by atoms with Crippen molar-refractivity contribution in [1.82, 2.24) is 9.55 Å². The number of rotatable bonds is 4. The summed E-state index contributed by atoms with van der Waals surface area (Å²) in [5.41, 5.74) is 2.89. The van der Waals surface area contributed by atoms with Crippen LogP contribution in [0.25, 0.3) is 11.0 Å². The quantitative estimate of drug-likeness (QED) is 0.693. The lowest BCUT2D eigenvalue weighted by molar-refractivity contribution is -0.141. The minimum absolute atomic E-state index is 0.153. The van der Waals surface area contributed by atoms with E-state index in [1.54, 1.807) is 0 Å². The number of para-hydroxylation sites is 2. The summed E-state index contributed by atoms with van der Waals surface area (Å²) in [5.74, 6) is 0.537. The Labute approximate surface area is 133 Å². The second kappa shape index (κ2) is 6.20. The first-order valence-electron chi connectivity index (χ1n) is 6.93. The van der Waals surface area contributed by atoms with Crippen LogP contribution < -0.4 is 0 Å². The Bertz CT molecular complexity index is 809. The van der Waals surface area contributed by atoms with Crippen LogP contribution in [0.3, 0.4) is 0 Å². The number of nitrogens with zero attached hydrogens (tertiary/aromatic N) is 2. The normalized spacial score (nSPS) is 10.8. The molecule has 0 aliphatic carbocycles. The van der Waals surface area contributed by atoms with Gasteiger partial charge in [0.1, 0.15) is 12.4 Å². The number of methoxy groups -OCH3 is 1. The van der Waals surface area contributed by atoms with E-state index in [1.165, 1.54) is 7.11 Å². The molecule has 0 atom stereocenters. The first kappa shape index (κ1) is 14.6. The van der Waals surface area contributed by atoms with E-state index in [2.05, 4.69) is 4.98 Å². The van der Waals surface area contributed by atoms with E-state index in [9.17, 15) is 4.79 Å². The van der Waals surface area contributed by atoms with E-state index < -0.39 is 0 Å². The van der Waals surface area contributed by atoms with Gasteiger partial charge in [0, 0.05) is 11.4 Å². The number of carbonyl (C=O) groups is 1. The van der Waals surface area contributed by atoms with Crippen molar-refractivity contribution >= 4 is 28.6 Å². The number of aromatic nitrogens is 2. The molecule has 0 N–H and O–H groups in total. The van der Waals surface area contributed by atoms with E-state index in [0.29, 0.717) is 11.4 Å². The number of carbonyl (C=O) groups excluding carboxylic acids is 1. The summed E-state index contributed by atoms with van der Waals surface area (Å²) in [6.45, 7) is 0.153. The van der Waals surface area contributed by atoms with Gasteiger partial charge < -0.3 is 9.30 Å². The van der Waals surface area contributed by atoms with Crippen molar-refractivity contribution in [3.05, 3.63) is 64.9 Å². The smallest absolute Gasteiger partial charge is 0.325 e. The van der Waals surface area contributed by atoms with Crippen molar-refractivity contribution < 1.29 is 9.53 Å². The summed E-state index contributed by atoms with van der Waals surface area (Å²) in [6.07, 6.45) is 0.628. The zero-order valence-electron chi connectivity index (χ0n) is 12.1. The Balaban J connectivity index is 2.01. The number of hydrogen-bond acceptors (Lipinski definition) is 3. The van der Waals surface area contributed by atoms with Crippen LogP contribution in [0, 0.1) is 0 Å². The Hall–Kier alpha value is -2.33. The lowest BCUT2D eigenvalue weighted by Gasteiger charge is -2.08. The summed E-state index contributed by atoms with van der Waals surface area (Å²) in [5, 5.41) is 0.701. The monoisotopic (exact) mass is 314 g/mol. The van der Waals surface area contributed by atoms with E-state index in [4.69, 9.17) is 16.3 Å². The lowest BCUT2D eigenvalue weighted by Crippen LogP contribution is -2.14. The number of esters is 1.